The van der Waals surface area contributed by atoms with E-state index in [1.54, 1.807) is 38.3 Å². The van der Waals surface area contributed by atoms with Crippen molar-refractivity contribution in [1.82, 2.24) is 14.5 Å². The van der Waals surface area contributed by atoms with Crippen LogP contribution in [0.25, 0.3) is 0 Å². The van der Waals surface area contributed by atoms with Crippen molar-refractivity contribution >= 4 is 33.4 Å². The lowest BCUT2D eigenvalue weighted by Gasteiger charge is -2.30. The fourth-order valence-corrected chi connectivity index (χ4v) is 4.31. The Labute approximate surface area is 200 Å². The number of methoxy groups -OCH3 is 1. The van der Waals surface area contributed by atoms with Crippen molar-refractivity contribution < 1.29 is 22.7 Å². The number of halogens is 1. The molecule has 0 saturated heterocycles. The average molecular weight is 496 g/mol. The molecule has 0 aromatic heterocycles. The number of nitrogens with zero attached hydrogens (tertiary/aromatic N) is 2. The van der Waals surface area contributed by atoms with Gasteiger partial charge >= 0.3 is 0 Å². The summed E-state index contributed by atoms with van der Waals surface area (Å²) in [5, 5.41) is 3.21. The van der Waals surface area contributed by atoms with Crippen LogP contribution >= 0.6 is 11.6 Å². The second kappa shape index (κ2) is 11.5. The Morgan fingerprint density at radius 1 is 1.03 bits per heavy atom. The smallest absolute Gasteiger partial charge is 0.243 e. The lowest BCUT2D eigenvalue weighted by Crippen LogP contribution is -2.51. The van der Waals surface area contributed by atoms with Crippen LogP contribution < -0.4 is 10.1 Å². The van der Waals surface area contributed by atoms with Crippen LogP contribution in [0.15, 0.2) is 53.4 Å². The van der Waals surface area contributed by atoms with E-state index in [0.29, 0.717) is 10.8 Å². The van der Waals surface area contributed by atoms with Crippen molar-refractivity contribution in [3.05, 3.63) is 59.1 Å². The molecule has 0 saturated carbocycles. The molecular formula is C23H30ClN3O5S. The van der Waals surface area contributed by atoms with Gasteiger partial charge in [-0.05, 0) is 62.7 Å². The number of hydrogen-bond donors (Lipinski definition) is 1. The van der Waals surface area contributed by atoms with Crippen molar-refractivity contribution in [2.24, 2.45) is 0 Å². The van der Waals surface area contributed by atoms with Gasteiger partial charge < -0.3 is 15.0 Å². The molecule has 0 aliphatic heterocycles. The first kappa shape index (κ1) is 26.6. The van der Waals surface area contributed by atoms with E-state index in [2.05, 4.69) is 5.32 Å². The van der Waals surface area contributed by atoms with Gasteiger partial charge in [0.25, 0.3) is 0 Å². The number of benzene rings is 2. The lowest BCUT2D eigenvalue weighted by molar-refractivity contribution is -0.140. The highest BCUT2D eigenvalue weighted by Crippen LogP contribution is 2.19. The summed E-state index contributed by atoms with van der Waals surface area (Å²) in [5.74, 6) is -0.164. The molecule has 1 atom stereocenters. The fourth-order valence-electron chi connectivity index (χ4n) is 3.07. The Morgan fingerprint density at radius 2 is 1.61 bits per heavy atom. The summed E-state index contributed by atoms with van der Waals surface area (Å²) >= 11 is 5.85. The van der Waals surface area contributed by atoms with Crippen LogP contribution in [0.5, 0.6) is 5.75 Å². The van der Waals surface area contributed by atoms with Crippen molar-refractivity contribution in [3.63, 3.8) is 0 Å². The quantitative estimate of drug-likeness (QED) is 0.546. The first-order valence-corrected chi connectivity index (χ1v) is 12.2. The topological polar surface area (TPSA) is 96.0 Å². The minimum absolute atomic E-state index is 0.0227. The molecule has 33 heavy (non-hydrogen) atoms. The Bertz CT molecular complexity index is 1060. The molecule has 0 fully saturated rings. The Hall–Kier alpha value is -2.62. The van der Waals surface area contributed by atoms with Crippen molar-refractivity contribution in [3.8, 4) is 5.75 Å². The molecule has 2 aromatic carbocycles. The maximum Gasteiger partial charge on any atom is 0.243 e. The highest BCUT2D eigenvalue weighted by Gasteiger charge is 2.30. The van der Waals surface area contributed by atoms with Crippen LogP contribution in [0.4, 0.5) is 0 Å². The molecule has 0 bridgehead atoms. The number of hydrogen-bond acceptors (Lipinski definition) is 5. The van der Waals surface area contributed by atoms with Crippen LogP contribution in [-0.2, 0) is 26.2 Å². The summed E-state index contributed by atoms with van der Waals surface area (Å²) in [4.78, 5) is 27.3. The zero-order valence-corrected chi connectivity index (χ0v) is 21.0. The fraction of sp³-hybridized carbons (Fsp3) is 0.391. The van der Waals surface area contributed by atoms with Gasteiger partial charge in [-0.1, -0.05) is 23.7 Å². The molecule has 2 amide bonds. The summed E-state index contributed by atoms with van der Waals surface area (Å²) in [5.41, 5.74) is 0.775. The molecule has 8 nitrogen and oxygen atoms in total. The van der Waals surface area contributed by atoms with Crippen molar-refractivity contribution in [2.45, 2.75) is 44.3 Å². The first-order chi connectivity index (χ1) is 15.4. The van der Waals surface area contributed by atoms with Gasteiger partial charge in [-0.2, -0.15) is 4.31 Å². The molecule has 0 spiro atoms. The van der Waals surface area contributed by atoms with Crippen molar-refractivity contribution in [2.75, 3.05) is 20.7 Å². The Morgan fingerprint density at radius 3 is 2.12 bits per heavy atom. The second-order valence-electron chi connectivity index (χ2n) is 7.92. The Kier molecular flexibility index (Phi) is 9.27. The number of likely N-dealkylation sites (N-methyl/N-ethyl adjacent to an activating group) is 1. The van der Waals surface area contributed by atoms with Crippen LogP contribution in [0, 0.1) is 0 Å². The van der Waals surface area contributed by atoms with Crippen molar-refractivity contribution in [1.29, 1.82) is 0 Å². The van der Waals surface area contributed by atoms with Gasteiger partial charge in [0.1, 0.15) is 11.8 Å². The monoisotopic (exact) mass is 495 g/mol. The number of rotatable bonds is 10. The molecule has 0 aliphatic carbocycles. The predicted molar refractivity (Wildman–Crippen MR) is 128 cm³/mol. The molecule has 0 aliphatic rings. The third-order valence-corrected chi connectivity index (χ3v) is 7.06. The minimum Gasteiger partial charge on any atom is -0.497 e. The average Bonchev–Trinajstić information content (AvgIpc) is 2.77. The van der Waals surface area contributed by atoms with Gasteiger partial charge in [0.15, 0.2) is 0 Å². The number of nitrogens with one attached hydrogen (secondary N) is 1. The summed E-state index contributed by atoms with van der Waals surface area (Å²) in [6, 6.07) is 11.9. The normalized spacial score (nSPS) is 12.5. The highest BCUT2D eigenvalue weighted by molar-refractivity contribution is 7.89. The predicted octanol–water partition coefficient (Wildman–Crippen LogP) is 2.91. The minimum atomic E-state index is -3.92. The third kappa shape index (κ3) is 7.18. The van der Waals surface area contributed by atoms with E-state index in [0.717, 1.165) is 9.87 Å². The summed E-state index contributed by atoms with van der Waals surface area (Å²) in [7, 11) is -1.04. The zero-order valence-electron chi connectivity index (χ0n) is 19.4. The maximum absolute atomic E-state index is 13.2. The molecule has 180 valence electrons. The van der Waals surface area contributed by atoms with E-state index >= 15 is 0 Å². The molecule has 10 heteroatoms. The molecule has 2 rings (SSSR count). The van der Waals surface area contributed by atoms with Gasteiger partial charge in [0.2, 0.25) is 21.8 Å². The van der Waals surface area contributed by atoms with Gasteiger partial charge in [-0.3, -0.25) is 9.59 Å². The van der Waals surface area contributed by atoms with Crippen LogP contribution in [0.3, 0.4) is 0 Å². The van der Waals surface area contributed by atoms with E-state index in [4.69, 9.17) is 16.3 Å². The molecule has 0 unspecified atom stereocenters. The SMILES string of the molecule is COc1ccc(CN(C(=O)CN(C)S(=O)(=O)c2ccc(Cl)cc2)[C@H](C)C(=O)NC(C)C)cc1. The number of amides is 2. The molecule has 0 heterocycles. The van der Waals surface area contributed by atoms with Gasteiger partial charge in [-0.25, -0.2) is 8.42 Å². The number of ether oxygens (including phenoxy) is 1. The number of carbonyl (C=O) groups excluding carboxylic acids is 2. The first-order valence-electron chi connectivity index (χ1n) is 10.4. The zero-order chi connectivity index (χ0) is 24.8. The molecule has 0 radical (unpaired) electrons. The van der Waals surface area contributed by atoms with E-state index in [9.17, 15) is 18.0 Å². The van der Waals surface area contributed by atoms with E-state index < -0.39 is 28.5 Å². The lowest BCUT2D eigenvalue weighted by atomic mass is 10.1. The standard InChI is InChI=1S/C23H30ClN3O5S/c1-16(2)25-23(29)17(3)27(14-18-6-10-20(32-5)11-7-18)22(28)15-26(4)33(30,31)21-12-8-19(24)9-13-21/h6-13,16-17H,14-15H2,1-5H3,(H,25,29)/t17-/m1/s1. The molecular weight excluding hydrogens is 466 g/mol. The van der Waals surface area contributed by atoms with Gasteiger partial charge in [0, 0.05) is 24.7 Å². The van der Waals surface area contributed by atoms with Crippen LogP contribution in [0.2, 0.25) is 5.02 Å². The molecule has 2 aromatic rings. The molecule has 1 N–H and O–H groups in total. The summed E-state index contributed by atoms with van der Waals surface area (Å²) in [6.07, 6.45) is 0. The number of carbonyl (C=O) groups is 2. The number of sulfonamides is 1. The van der Waals surface area contributed by atoms with E-state index in [1.165, 1.54) is 36.2 Å². The van der Waals surface area contributed by atoms with E-state index in [1.807, 2.05) is 13.8 Å². The van der Waals surface area contributed by atoms with Crippen LogP contribution in [-0.4, -0.2) is 62.2 Å². The largest absolute Gasteiger partial charge is 0.497 e. The maximum atomic E-state index is 13.2. The van der Waals surface area contributed by atoms with Crippen LogP contribution in [0.1, 0.15) is 26.3 Å². The Balaban J connectivity index is 2.27. The van der Waals surface area contributed by atoms with E-state index in [-0.39, 0.29) is 23.4 Å². The third-order valence-electron chi connectivity index (χ3n) is 4.99. The second-order valence-corrected chi connectivity index (χ2v) is 10.4. The summed E-state index contributed by atoms with van der Waals surface area (Å²) < 4.78 is 31.9. The highest BCUT2D eigenvalue weighted by atomic mass is 35.5. The van der Waals surface area contributed by atoms with Gasteiger partial charge in [-0.15, -0.1) is 0 Å². The van der Waals surface area contributed by atoms with Gasteiger partial charge in [0.05, 0.1) is 18.6 Å². The summed E-state index contributed by atoms with van der Waals surface area (Å²) in [6.45, 7) is 4.97.